The smallest absolute Gasteiger partial charge is 0.257 e. The molecule has 8 heteroatoms. The minimum Gasteiger partial charge on any atom is -0.483 e. The number of likely N-dealkylation sites (N-methyl/N-ethyl adjacent to an activating group) is 1. The zero-order valence-electron chi connectivity index (χ0n) is 18.5. The molecule has 3 rings (SSSR count). The van der Waals surface area contributed by atoms with Crippen LogP contribution in [0, 0.1) is 0 Å². The summed E-state index contributed by atoms with van der Waals surface area (Å²) in [5.41, 5.74) is 2.82. The Bertz CT molecular complexity index is 808. The van der Waals surface area contributed by atoms with E-state index in [1.54, 1.807) is 18.6 Å². The monoisotopic (exact) mass is 427 g/mol. The summed E-state index contributed by atoms with van der Waals surface area (Å²) in [5.74, 6) is 0.612. The van der Waals surface area contributed by atoms with Gasteiger partial charge < -0.3 is 19.7 Å². The molecule has 0 radical (unpaired) electrons. The van der Waals surface area contributed by atoms with Crippen molar-refractivity contribution in [3.8, 4) is 17.0 Å². The first-order valence-electron chi connectivity index (χ1n) is 11.0. The number of morpholine rings is 1. The van der Waals surface area contributed by atoms with E-state index in [0.717, 1.165) is 75.1 Å². The van der Waals surface area contributed by atoms with Crippen LogP contribution in [0.1, 0.15) is 19.4 Å². The van der Waals surface area contributed by atoms with Crippen LogP contribution in [0.5, 0.6) is 5.75 Å². The first-order chi connectivity index (χ1) is 15.2. The molecule has 1 aromatic carbocycles. The van der Waals surface area contributed by atoms with E-state index in [1.165, 1.54) is 0 Å². The minimum atomic E-state index is -0.109. The number of hydrogen-bond donors (Lipinski definition) is 1. The van der Waals surface area contributed by atoms with Crippen molar-refractivity contribution < 1.29 is 14.3 Å². The fraction of sp³-hybridized carbons (Fsp3) is 0.522. The van der Waals surface area contributed by atoms with E-state index in [9.17, 15) is 4.79 Å². The first kappa shape index (κ1) is 23.1. The zero-order chi connectivity index (χ0) is 21.9. The number of nitrogens with one attached hydrogen (secondary N) is 1. The molecule has 1 N–H and O–H groups in total. The number of carbonyl (C=O) groups excluding carboxylic acids is 1. The molecule has 0 saturated carbocycles. The van der Waals surface area contributed by atoms with Gasteiger partial charge in [-0.25, -0.2) is 0 Å². The van der Waals surface area contributed by atoms with Gasteiger partial charge in [-0.05, 0) is 31.3 Å². The van der Waals surface area contributed by atoms with Gasteiger partial charge in [-0.2, -0.15) is 0 Å². The maximum absolute atomic E-state index is 12.3. The molecule has 1 aromatic heterocycles. The van der Waals surface area contributed by atoms with Gasteiger partial charge in [0.2, 0.25) is 0 Å². The van der Waals surface area contributed by atoms with E-state index in [4.69, 9.17) is 9.47 Å². The van der Waals surface area contributed by atoms with Gasteiger partial charge in [0.05, 0.1) is 25.1 Å². The van der Waals surface area contributed by atoms with Crippen LogP contribution in [0.15, 0.2) is 36.8 Å². The third-order valence-electron chi connectivity index (χ3n) is 5.42. The Morgan fingerprint density at radius 3 is 2.74 bits per heavy atom. The van der Waals surface area contributed by atoms with Crippen molar-refractivity contribution in [3.63, 3.8) is 0 Å². The highest BCUT2D eigenvalue weighted by molar-refractivity contribution is 5.77. The number of rotatable bonds is 11. The SMILES string of the molecule is CCN(CC)CCNC(=O)COc1ccc(-c2cnccn2)cc1CN1CCOCC1. The molecule has 2 aromatic rings. The van der Waals surface area contributed by atoms with Crippen LogP contribution in [-0.4, -0.2) is 84.8 Å². The van der Waals surface area contributed by atoms with Crippen LogP contribution in [0.4, 0.5) is 0 Å². The fourth-order valence-electron chi connectivity index (χ4n) is 3.54. The largest absolute Gasteiger partial charge is 0.483 e. The van der Waals surface area contributed by atoms with Gasteiger partial charge in [0.15, 0.2) is 6.61 Å². The predicted molar refractivity (Wildman–Crippen MR) is 120 cm³/mol. The lowest BCUT2D eigenvalue weighted by atomic mass is 10.1. The van der Waals surface area contributed by atoms with Crippen LogP contribution in [-0.2, 0) is 16.1 Å². The first-order valence-corrected chi connectivity index (χ1v) is 11.0. The van der Waals surface area contributed by atoms with Gasteiger partial charge in [0.25, 0.3) is 5.91 Å². The second kappa shape index (κ2) is 12.3. The number of hydrogen-bond acceptors (Lipinski definition) is 7. The predicted octanol–water partition coefficient (Wildman–Crippen LogP) is 1.81. The molecule has 0 spiro atoms. The van der Waals surface area contributed by atoms with Crippen LogP contribution in [0.2, 0.25) is 0 Å². The molecule has 1 aliphatic heterocycles. The summed E-state index contributed by atoms with van der Waals surface area (Å²) in [6, 6.07) is 5.95. The Kier molecular flexibility index (Phi) is 9.20. The third kappa shape index (κ3) is 7.27. The average molecular weight is 428 g/mol. The van der Waals surface area contributed by atoms with E-state index < -0.39 is 0 Å². The Labute approximate surface area is 184 Å². The Balaban J connectivity index is 1.64. The summed E-state index contributed by atoms with van der Waals surface area (Å²) in [6.45, 7) is 11.6. The third-order valence-corrected chi connectivity index (χ3v) is 5.42. The molecule has 1 aliphatic rings. The molecule has 0 bridgehead atoms. The van der Waals surface area contributed by atoms with Crippen molar-refractivity contribution in [1.82, 2.24) is 25.1 Å². The Morgan fingerprint density at radius 2 is 2.03 bits per heavy atom. The molecule has 1 amide bonds. The number of amides is 1. The average Bonchev–Trinajstić information content (AvgIpc) is 2.82. The summed E-state index contributed by atoms with van der Waals surface area (Å²) in [5, 5.41) is 2.94. The maximum Gasteiger partial charge on any atom is 0.257 e. The van der Waals surface area contributed by atoms with Crippen molar-refractivity contribution in [2.24, 2.45) is 0 Å². The van der Waals surface area contributed by atoms with Crippen LogP contribution < -0.4 is 10.1 Å². The van der Waals surface area contributed by atoms with Crippen molar-refractivity contribution in [3.05, 3.63) is 42.4 Å². The molecular weight excluding hydrogens is 394 g/mol. The summed E-state index contributed by atoms with van der Waals surface area (Å²) in [4.78, 5) is 25.4. The number of aromatic nitrogens is 2. The molecule has 2 heterocycles. The van der Waals surface area contributed by atoms with E-state index in [0.29, 0.717) is 6.54 Å². The van der Waals surface area contributed by atoms with E-state index in [1.807, 2.05) is 12.1 Å². The lowest BCUT2D eigenvalue weighted by Crippen LogP contribution is -2.37. The van der Waals surface area contributed by atoms with Crippen molar-refractivity contribution in [1.29, 1.82) is 0 Å². The van der Waals surface area contributed by atoms with E-state index in [2.05, 4.69) is 45.0 Å². The lowest BCUT2D eigenvalue weighted by molar-refractivity contribution is -0.123. The van der Waals surface area contributed by atoms with Crippen molar-refractivity contribution in [2.45, 2.75) is 20.4 Å². The lowest BCUT2D eigenvalue weighted by Gasteiger charge is -2.27. The number of carbonyl (C=O) groups is 1. The molecule has 1 saturated heterocycles. The second-order valence-corrected chi connectivity index (χ2v) is 7.47. The zero-order valence-corrected chi connectivity index (χ0v) is 18.5. The number of benzene rings is 1. The van der Waals surface area contributed by atoms with Gasteiger partial charge in [-0.3, -0.25) is 19.7 Å². The molecule has 0 atom stereocenters. The topological polar surface area (TPSA) is 79.8 Å². The Morgan fingerprint density at radius 1 is 1.23 bits per heavy atom. The number of nitrogens with zero attached hydrogens (tertiary/aromatic N) is 4. The molecular formula is C23H33N5O3. The van der Waals surface area contributed by atoms with Gasteiger partial charge in [0, 0.05) is 56.2 Å². The highest BCUT2D eigenvalue weighted by atomic mass is 16.5. The maximum atomic E-state index is 12.3. The van der Waals surface area contributed by atoms with Gasteiger partial charge in [-0.1, -0.05) is 13.8 Å². The standard InChI is InChI=1S/C23H33N5O3/c1-3-27(4-2)10-9-26-23(29)18-31-22-6-5-19(21-16-24-7-8-25-21)15-20(22)17-28-11-13-30-14-12-28/h5-8,15-16H,3-4,9-14,17-18H2,1-2H3,(H,26,29). The van der Waals surface area contributed by atoms with E-state index in [-0.39, 0.29) is 12.5 Å². The summed E-state index contributed by atoms with van der Waals surface area (Å²) >= 11 is 0. The molecule has 168 valence electrons. The van der Waals surface area contributed by atoms with Gasteiger partial charge in [-0.15, -0.1) is 0 Å². The van der Waals surface area contributed by atoms with Crippen molar-refractivity contribution in [2.75, 3.05) is 59.1 Å². The Hall–Kier alpha value is -2.55. The summed E-state index contributed by atoms with van der Waals surface area (Å²) in [6.07, 6.45) is 5.09. The van der Waals surface area contributed by atoms with Gasteiger partial charge in [0.1, 0.15) is 5.75 Å². The van der Waals surface area contributed by atoms with Crippen molar-refractivity contribution >= 4 is 5.91 Å². The molecule has 0 aliphatic carbocycles. The van der Waals surface area contributed by atoms with Gasteiger partial charge >= 0.3 is 0 Å². The van der Waals surface area contributed by atoms with Crippen LogP contribution in [0.3, 0.4) is 0 Å². The molecule has 31 heavy (non-hydrogen) atoms. The second-order valence-electron chi connectivity index (χ2n) is 7.47. The number of ether oxygens (including phenoxy) is 2. The minimum absolute atomic E-state index is 0.00114. The summed E-state index contributed by atoms with van der Waals surface area (Å²) < 4.78 is 11.4. The van der Waals surface area contributed by atoms with Crippen LogP contribution >= 0.6 is 0 Å². The quantitative estimate of drug-likeness (QED) is 0.586. The fourth-order valence-corrected chi connectivity index (χ4v) is 3.54. The molecule has 1 fully saturated rings. The molecule has 8 nitrogen and oxygen atoms in total. The highest BCUT2D eigenvalue weighted by Gasteiger charge is 2.16. The molecule has 0 unspecified atom stereocenters. The highest BCUT2D eigenvalue weighted by Crippen LogP contribution is 2.27. The summed E-state index contributed by atoms with van der Waals surface area (Å²) in [7, 11) is 0. The van der Waals surface area contributed by atoms with E-state index >= 15 is 0 Å². The van der Waals surface area contributed by atoms with Crippen LogP contribution in [0.25, 0.3) is 11.3 Å². The normalized spacial score (nSPS) is 14.5.